The zero-order chi connectivity index (χ0) is 17.9. The van der Waals surface area contributed by atoms with Crippen LogP contribution in [0.25, 0.3) is 11.0 Å². The second-order valence-electron chi connectivity index (χ2n) is 6.39. The first-order valence-corrected chi connectivity index (χ1v) is 11.3. The monoisotopic (exact) mass is 383 g/mol. The molecule has 0 unspecified atom stereocenters. The van der Waals surface area contributed by atoms with Crippen molar-refractivity contribution in [3.05, 3.63) is 18.2 Å². The van der Waals surface area contributed by atoms with E-state index in [9.17, 15) is 8.42 Å². The van der Waals surface area contributed by atoms with Crippen LogP contribution in [0.5, 0.6) is 0 Å². The van der Waals surface area contributed by atoms with Gasteiger partial charge in [0, 0.05) is 18.9 Å². The Morgan fingerprint density at radius 1 is 1.40 bits per heavy atom. The molecule has 0 aliphatic carbocycles. The highest BCUT2D eigenvalue weighted by molar-refractivity contribution is 7.99. The fourth-order valence-corrected chi connectivity index (χ4v) is 4.65. The number of nitrogens with zero attached hydrogens (tertiary/aromatic N) is 2. The summed E-state index contributed by atoms with van der Waals surface area (Å²) >= 11 is 1.69. The number of benzene rings is 1. The molecule has 138 valence electrons. The fraction of sp³-hybridized carbons (Fsp3) is 0.588. The molecule has 0 amide bonds. The summed E-state index contributed by atoms with van der Waals surface area (Å²) in [6, 6.07) is 4.92. The van der Waals surface area contributed by atoms with Crippen LogP contribution in [0.3, 0.4) is 0 Å². The summed E-state index contributed by atoms with van der Waals surface area (Å²) in [5, 5.41) is 6.17. The summed E-state index contributed by atoms with van der Waals surface area (Å²) in [6.45, 7) is 3.87. The van der Waals surface area contributed by atoms with Crippen LogP contribution in [-0.2, 0) is 21.3 Å². The molecule has 3 rings (SSSR count). The summed E-state index contributed by atoms with van der Waals surface area (Å²) in [6.07, 6.45) is 5.87. The quantitative estimate of drug-likeness (QED) is 0.742. The average molecular weight is 384 g/mol. The van der Waals surface area contributed by atoms with Crippen molar-refractivity contribution < 1.29 is 13.2 Å². The lowest BCUT2D eigenvalue weighted by Gasteiger charge is -2.22. The number of primary sulfonamides is 1. The van der Waals surface area contributed by atoms with E-state index in [1.807, 2.05) is 0 Å². The van der Waals surface area contributed by atoms with Crippen LogP contribution in [0.15, 0.2) is 28.3 Å². The number of sulfonamides is 1. The number of thioether (sulfide) groups is 1. The number of fused-ring (bicyclic) bond motifs is 1. The van der Waals surface area contributed by atoms with E-state index < -0.39 is 10.0 Å². The van der Waals surface area contributed by atoms with Gasteiger partial charge in [0.2, 0.25) is 10.0 Å². The zero-order valence-corrected chi connectivity index (χ0v) is 16.1. The number of unbranched alkanes of at least 4 members (excludes halogenated alkanes) is 1. The molecule has 1 atom stereocenters. The van der Waals surface area contributed by atoms with Gasteiger partial charge in [0.05, 0.1) is 22.0 Å². The van der Waals surface area contributed by atoms with Gasteiger partial charge >= 0.3 is 0 Å². The van der Waals surface area contributed by atoms with Crippen molar-refractivity contribution in [3.8, 4) is 0 Å². The molecule has 0 saturated carbocycles. The number of ether oxygens (including phenoxy) is 1. The predicted octanol–water partition coefficient (Wildman–Crippen LogP) is 3.15. The van der Waals surface area contributed by atoms with E-state index in [1.54, 1.807) is 30.0 Å². The largest absolute Gasteiger partial charge is 0.377 e. The van der Waals surface area contributed by atoms with Crippen molar-refractivity contribution in [2.24, 2.45) is 5.14 Å². The molecule has 0 radical (unpaired) electrons. The van der Waals surface area contributed by atoms with Gasteiger partial charge in [0.15, 0.2) is 5.16 Å². The minimum absolute atomic E-state index is 0.104. The summed E-state index contributed by atoms with van der Waals surface area (Å²) in [4.78, 5) is 4.78. The van der Waals surface area contributed by atoms with Gasteiger partial charge in [-0.2, -0.15) is 0 Å². The van der Waals surface area contributed by atoms with Crippen LogP contribution in [0.2, 0.25) is 0 Å². The van der Waals surface area contributed by atoms with E-state index >= 15 is 0 Å². The van der Waals surface area contributed by atoms with Gasteiger partial charge in [-0.1, -0.05) is 25.1 Å². The SMILES string of the molecule is CCCCn1c(SC[C@@H]2CCCCO2)nc2cc(S(N)(=O)=O)ccc21. The van der Waals surface area contributed by atoms with Crippen LogP contribution in [0.4, 0.5) is 0 Å². The first-order chi connectivity index (χ1) is 12.0. The second-order valence-corrected chi connectivity index (χ2v) is 8.94. The van der Waals surface area contributed by atoms with E-state index in [0.717, 1.165) is 55.3 Å². The highest BCUT2D eigenvalue weighted by atomic mass is 32.2. The Kier molecular flexibility index (Phi) is 6.04. The summed E-state index contributed by atoms with van der Waals surface area (Å²) in [5.74, 6) is 0.873. The minimum Gasteiger partial charge on any atom is -0.377 e. The molecule has 2 N–H and O–H groups in total. The van der Waals surface area contributed by atoms with Gasteiger partial charge in [-0.25, -0.2) is 18.5 Å². The topological polar surface area (TPSA) is 87.2 Å². The van der Waals surface area contributed by atoms with Crippen molar-refractivity contribution in [2.45, 2.75) is 61.7 Å². The molecule has 0 bridgehead atoms. The number of hydrogen-bond acceptors (Lipinski definition) is 5. The minimum atomic E-state index is -3.72. The molecule has 0 spiro atoms. The van der Waals surface area contributed by atoms with Crippen molar-refractivity contribution in [2.75, 3.05) is 12.4 Å². The lowest BCUT2D eigenvalue weighted by Crippen LogP contribution is -2.21. The van der Waals surface area contributed by atoms with Crippen molar-refractivity contribution in [1.82, 2.24) is 9.55 Å². The first kappa shape index (κ1) is 18.7. The Balaban J connectivity index is 1.88. The fourth-order valence-electron chi connectivity index (χ4n) is 3.01. The summed E-state index contributed by atoms with van der Waals surface area (Å²) < 4.78 is 31.2. The second kappa shape index (κ2) is 8.07. The van der Waals surface area contributed by atoms with E-state index in [1.165, 1.54) is 6.42 Å². The third-order valence-corrected chi connectivity index (χ3v) is 6.44. The van der Waals surface area contributed by atoms with Gasteiger partial charge in [-0.3, -0.25) is 0 Å². The molecular weight excluding hydrogens is 358 g/mol. The van der Waals surface area contributed by atoms with Crippen molar-refractivity contribution >= 4 is 32.8 Å². The third kappa shape index (κ3) is 4.55. The normalized spacial score (nSPS) is 18.7. The summed E-state index contributed by atoms with van der Waals surface area (Å²) in [5.41, 5.74) is 1.63. The molecule has 1 aromatic heterocycles. The van der Waals surface area contributed by atoms with Crippen LogP contribution in [-0.4, -0.2) is 36.4 Å². The third-order valence-electron chi connectivity index (χ3n) is 4.42. The lowest BCUT2D eigenvalue weighted by atomic mass is 10.1. The molecule has 1 aliphatic rings. The Bertz CT molecular complexity index is 827. The Hall–Kier alpha value is -1.09. The van der Waals surface area contributed by atoms with Crippen LogP contribution in [0, 0.1) is 0 Å². The molecule has 25 heavy (non-hydrogen) atoms. The highest BCUT2D eigenvalue weighted by Gasteiger charge is 2.18. The van der Waals surface area contributed by atoms with Gasteiger partial charge in [0.25, 0.3) is 0 Å². The number of hydrogen-bond donors (Lipinski definition) is 1. The molecule has 2 aromatic rings. The smallest absolute Gasteiger partial charge is 0.238 e. The van der Waals surface area contributed by atoms with E-state index in [-0.39, 0.29) is 11.0 Å². The van der Waals surface area contributed by atoms with Crippen LogP contribution >= 0.6 is 11.8 Å². The number of imidazole rings is 1. The maximum atomic E-state index is 11.6. The van der Waals surface area contributed by atoms with E-state index in [0.29, 0.717) is 5.52 Å². The number of nitrogens with two attached hydrogens (primary N) is 1. The molecular formula is C17H25N3O3S2. The summed E-state index contributed by atoms with van der Waals surface area (Å²) in [7, 11) is -3.72. The van der Waals surface area contributed by atoms with Gasteiger partial charge in [-0.15, -0.1) is 0 Å². The molecule has 8 heteroatoms. The molecule has 1 fully saturated rings. The standard InChI is InChI=1S/C17H25N3O3S2/c1-2-3-9-20-16-8-7-14(25(18,21)22)11-15(16)19-17(20)24-12-13-6-4-5-10-23-13/h7-8,11,13H,2-6,9-10,12H2,1H3,(H2,18,21,22)/t13-/m0/s1. The van der Waals surface area contributed by atoms with Gasteiger partial charge < -0.3 is 9.30 Å². The predicted molar refractivity (Wildman–Crippen MR) is 100 cm³/mol. The van der Waals surface area contributed by atoms with Crippen molar-refractivity contribution in [3.63, 3.8) is 0 Å². The lowest BCUT2D eigenvalue weighted by molar-refractivity contribution is 0.0315. The van der Waals surface area contributed by atoms with Crippen molar-refractivity contribution in [1.29, 1.82) is 0 Å². The molecule has 1 saturated heterocycles. The molecule has 2 heterocycles. The molecule has 1 aliphatic heterocycles. The zero-order valence-electron chi connectivity index (χ0n) is 14.5. The van der Waals surface area contributed by atoms with Gasteiger partial charge in [-0.05, 0) is 43.9 Å². The van der Waals surface area contributed by atoms with E-state index in [4.69, 9.17) is 9.88 Å². The average Bonchev–Trinajstić information content (AvgIpc) is 2.95. The van der Waals surface area contributed by atoms with Crippen LogP contribution < -0.4 is 5.14 Å². The Morgan fingerprint density at radius 3 is 2.92 bits per heavy atom. The molecule has 6 nitrogen and oxygen atoms in total. The highest BCUT2D eigenvalue weighted by Crippen LogP contribution is 2.28. The number of aryl methyl sites for hydroxylation is 1. The number of aromatic nitrogens is 2. The van der Waals surface area contributed by atoms with Crippen LogP contribution in [0.1, 0.15) is 39.0 Å². The Morgan fingerprint density at radius 2 is 2.24 bits per heavy atom. The maximum Gasteiger partial charge on any atom is 0.238 e. The molecule has 1 aromatic carbocycles. The maximum absolute atomic E-state index is 11.6. The first-order valence-electron chi connectivity index (χ1n) is 8.76. The van der Waals surface area contributed by atoms with Gasteiger partial charge in [0.1, 0.15) is 0 Å². The van der Waals surface area contributed by atoms with E-state index in [2.05, 4.69) is 16.5 Å². The Labute approximate surface area is 153 Å². The number of rotatable bonds is 7.